The number of esters is 1. The molecule has 35 heavy (non-hydrogen) atoms. The van der Waals surface area contributed by atoms with E-state index in [0.717, 1.165) is 51.0 Å². The van der Waals surface area contributed by atoms with Crippen molar-refractivity contribution in [2.45, 2.75) is 64.1 Å². The molecular formula is C25H40F3NO6. The third-order valence-electron chi connectivity index (χ3n) is 5.20. The van der Waals surface area contributed by atoms with Gasteiger partial charge in [0.1, 0.15) is 5.75 Å². The van der Waals surface area contributed by atoms with Crippen LogP contribution in [0.4, 0.5) is 13.2 Å². The fourth-order valence-electron chi connectivity index (χ4n) is 3.25. The molecule has 0 atom stereocenters. The summed E-state index contributed by atoms with van der Waals surface area (Å²) in [6.45, 7) is 3.69. The Morgan fingerprint density at radius 3 is 1.89 bits per heavy atom. The van der Waals surface area contributed by atoms with E-state index in [1.165, 1.54) is 19.2 Å². The number of nitrogens with two attached hydrogens (primary N) is 1. The quantitative estimate of drug-likeness (QED) is 0.187. The van der Waals surface area contributed by atoms with Gasteiger partial charge in [-0.3, -0.25) is 4.79 Å². The van der Waals surface area contributed by atoms with Crippen molar-refractivity contribution in [2.75, 3.05) is 53.4 Å². The molecule has 0 aliphatic carbocycles. The topological polar surface area (TPSA) is 89.2 Å². The van der Waals surface area contributed by atoms with E-state index in [2.05, 4.69) is 4.74 Å². The van der Waals surface area contributed by atoms with Crippen LogP contribution in [-0.4, -0.2) is 59.3 Å². The monoisotopic (exact) mass is 507 g/mol. The van der Waals surface area contributed by atoms with Gasteiger partial charge in [-0.15, -0.1) is 0 Å². The Hall–Kier alpha value is -1.88. The highest BCUT2D eigenvalue weighted by atomic mass is 19.4. The maximum atomic E-state index is 12.9. The second-order valence-electron chi connectivity index (χ2n) is 8.01. The fraction of sp³-hybridized carbons (Fsp3) is 0.720. The molecule has 0 heterocycles. The molecule has 10 heteroatoms. The molecule has 0 unspecified atom stereocenters. The van der Waals surface area contributed by atoms with Crippen molar-refractivity contribution in [1.82, 2.24) is 0 Å². The Kier molecular flexibility index (Phi) is 17.2. The predicted molar refractivity (Wildman–Crippen MR) is 126 cm³/mol. The second-order valence-corrected chi connectivity index (χ2v) is 8.01. The van der Waals surface area contributed by atoms with E-state index < -0.39 is 11.7 Å². The lowest BCUT2D eigenvalue weighted by Gasteiger charge is -2.14. The first kappa shape index (κ1) is 31.2. The van der Waals surface area contributed by atoms with Crippen molar-refractivity contribution in [3.63, 3.8) is 0 Å². The smallest absolute Gasteiger partial charge is 0.416 e. The van der Waals surface area contributed by atoms with Crippen LogP contribution in [0.1, 0.15) is 62.5 Å². The van der Waals surface area contributed by atoms with Gasteiger partial charge in [-0.25, -0.2) is 0 Å². The molecule has 0 fully saturated rings. The van der Waals surface area contributed by atoms with Crippen molar-refractivity contribution in [3.8, 4) is 5.75 Å². The average Bonchev–Trinajstić information content (AvgIpc) is 2.84. The summed E-state index contributed by atoms with van der Waals surface area (Å²) in [4.78, 5) is 11.0. The zero-order valence-electron chi connectivity index (χ0n) is 20.7. The third kappa shape index (κ3) is 15.7. The summed E-state index contributed by atoms with van der Waals surface area (Å²) in [6.07, 6.45) is 2.38. The number of rotatable bonds is 21. The molecule has 0 aliphatic heterocycles. The van der Waals surface area contributed by atoms with Crippen LogP contribution in [0.5, 0.6) is 5.75 Å². The molecule has 0 aromatic heterocycles. The highest BCUT2D eigenvalue weighted by Crippen LogP contribution is 2.33. The van der Waals surface area contributed by atoms with E-state index in [0.29, 0.717) is 58.4 Å². The zero-order chi connectivity index (χ0) is 25.8. The highest BCUT2D eigenvalue weighted by Gasteiger charge is 2.33. The minimum atomic E-state index is -4.41. The number of unbranched alkanes of at least 4 members (excludes halogenated alkanes) is 5. The summed E-state index contributed by atoms with van der Waals surface area (Å²) in [5.74, 6) is 0.232. The lowest BCUT2D eigenvalue weighted by Crippen LogP contribution is -2.12. The van der Waals surface area contributed by atoms with Gasteiger partial charge in [0.05, 0.1) is 45.7 Å². The van der Waals surface area contributed by atoms with Gasteiger partial charge in [0, 0.05) is 26.2 Å². The van der Waals surface area contributed by atoms with Crippen molar-refractivity contribution in [3.05, 3.63) is 29.3 Å². The number of methoxy groups -OCH3 is 1. The maximum Gasteiger partial charge on any atom is 0.416 e. The number of benzene rings is 1. The average molecular weight is 508 g/mol. The van der Waals surface area contributed by atoms with E-state index in [1.807, 2.05) is 0 Å². The molecule has 1 rings (SSSR count). The number of carbonyl (C=O) groups excluding carboxylic acids is 1. The molecule has 1 aromatic carbocycles. The second kappa shape index (κ2) is 19.3. The number of halogens is 3. The van der Waals surface area contributed by atoms with Gasteiger partial charge in [0.25, 0.3) is 0 Å². The molecule has 0 saturated carbocycles. The van der Waals surface area contributed by atoms with Crippen LogP contribution in [0.3, 0.4) is 0 Å². The summed E-state index contributed by atoms with van der Waals surface area (Å²) in [7, 11) is 1.40. The van der Waals surface area contributed by atoms with Gasteiger partial charge < -0.3 is 29.4 Å². The van der Waals surface area contributed by atoms with Crippen LogP contribution in [0.15, 0.2) is 18.2 Å². The summed E-state index contributed by atoms with van der Waals surface area (Å²) in [6, 6.07) is 3.71. The van der Waals surface area contributed by atoms with Crippen LogP contribution < -0.4 is 10.5 Å². The van der Waals surface area contributed by atoms with Gasteiger partial charge in [0.15, 0.2) is 0 Å². The molecule has 0 amide bonds. The molecule has 0 spiro atoms. The van der Waals surface area contributed by atoms with Gasteiger partial charge >= 0.3 is 12.1 Å². The van der Waals surface area contributed by atoms with E-state index >= 15 is 0 Å². The van der Waals surface area contributed by atoms with Crippen LogP contribution >= 0.6 is 0 Å². The first-order chi connectivity index (χ1) is 16.9. The van der Waals surface area contributed by atoms with Gasteiger partial charge in [-0.05, 0) is 55.9 Å². The number of carbonyl (C=O) groups is 1. The minimum Gasteiger partial charge on any atom is -0.494 e. The molecular weight excluding hydrogens is 467 g/mol. The molecule has 1 aromatic rings. The number of alkyl halides is 3. The van der Waals surface area contributed by atoms with E-state index in [4.69, 9.17) is 24.7 Å². The van der Waals surface area contributed by atoms with Crippen LogP contribution in [0, 0.1) is 0 Å². The Balaban J connectivity index is 1.87. The van der Waals surface area contributed by atoms with Crippen molar-refractivity contribution >= 4 is 5.97 Å². The van der Waals surface area contributed by atoms with Crippen molar-refractivity contribution in [1.29, 1.82) is 0 Å². The summed E-state index contributed by atoms with van der Waals surface area (Å²) >= 11 is 0. The first-order valence-electron chi connectivity index (χ1n) is 12.2. The zero-order valence-corrected chi connectivity index (χ0v) is 20.7. The predicted octanol–water partition coefficient (Wildman–Crippen LogP) is 4.89. The van der Waals surface area contributed by atoms with Crippen LogP contribution in [0.2, 0.25) is 0 Å². The summed E-state index contributed by atoms with van der Waals surface area (Å²) in [5.41, 5.74) is 4.75. The molecule has 7 nitrogen and oxygen atoms in total. The largest absolute Gasteiger partial charge is 0.494 e. The fourth-order valence-corrected chi connectivity index (χ4v) is 3.25. The lowest BCUT2D eigenvalue weighted by molar-refractivity contribution is -0.141. The first-order valence-corrected chi connectivity index (χ1v) is 12.2. The van der Waals surface area contributed by atoms with Gasteiger partial charge in [-0.2, -0.15) is 13.2 Å². The SMILES string of the molecule is COC(=O)CCCCCOCCOCCOCCCCCCOc1ccc(C(F)(F)F)c(CN)c1. The van der Waals surface area contributed by atoms with Crippen molar-refractivity contribution < 1.29 is 41.7 Å². The molecule has 0 saturated heterocycles. The maximum absolute atomic E-state index is 12.9. The lowest BCUT2D eigenvalue weighted by atomic mass is 10.1. The minimum absolute atomic E-state index is 0.0349. The Morgan fingerprint density at radius 2 is 1.34 bits per heavy atom. The third-order valence-corrected chi connectivity index (χ3v) is 5.20. The van der Waals surface area contributed by atoms with Crippen LogP contribution in [0.25, 0.3) is 0 Å². The van der Waals surface area contributed by atoms with Gasteiger partial charge in [-0.1, -0.05) is 12.8 Å². The standard InChI is InChI=1S/C25H40F3NO6/c1-31-24(30)9-5-4-7-13-33-16-18-34-17-15-32-12-6-2-3-8-14-35-22-10-11-23(25(26,27)28)21(19-22)20-29/h10-11,19H,2-9,12-18,20,29H2,1H3. The number of ether oxygens (including phenoxy) is 5. The Morgan fingerprint density at radius 1 is 0.800 bits per heavy atom. The molecule has 0 aliphatic rings. The molecule has 0 bridgehead atoms. The van der Waals surface area contributed by atoms with E-state index in [1.54, 1.807) is 0 Å². The Bertz CT molecular complexity index is 688. The normalized spacial score (nSPS) is 11.6. The molecule has 0 radical (unpaired) electrons. The highest BCUT2D eigenvalue weighted by molar-refractivity contribution is 5.68. The van der Waals surface area contributed by atoms with Crippen LogP contribution in [-0.2, 0) is 36.5 Å². The Labute approximate surface area is 206 Å². The molecule has 202 valence electrons. The summed E-state index contributed by atoms with van der Waals surface area (Å²) < 4.78 is 65.3. The van der Waals surface area contributed by atoms with Gasteiger partial charge in [0.2, 0.25) is 0 Å². The number of hydrogen-bond acceptors (Lipinski definition) is 7. The van der Waals surface area contributed by atoms with Crippen molar-refractivity contribution in [2.24, 2.45) is 5.73 Å². The van der Waals surface area contributed by atoms with E-state index in [-0.39, 0.29) is 18.1 Å². The van der Waals surface area contributed by atoms with E-state index in [9.17, 15) is 18.0 Å². The summed E-state index contributed by atoms with van der Waals surface area (Å²) in [5, 5.41) is 0. The molecule has 2 N–H and O–H groups in total. The number of hydrogen-bond donors (Lipinski definition) is 1.